The van der Waals surface area contributed by atoms with Crippen LogP contribution in [0.4, 0.5) is 0 Å². The average Bonchev–Trinajstić information content (AvgIpc) is 2.71. The van der Waals surface area contributed by atoms with Crippen LogP contribution < -0.4 is 5.32 Å². The molecule has 0 radical (unpaired) electrons. The van der Waals surface area contributed by atoms with Crippen molar-refractivity contribution in [3.05, 3.63) is 23.0 Å². The Labute approximate surface area is 130 Å². The van der Waals surface area contributed by atoms with E-state index in [0.717, 1.165) is 36.2 Å². The highest BCUT2D eigenvalue weighted by Gasteiger charge is 2.40. The molecule has 1 amide bonds. The minimum atomic E-state index is -1.11. The van der Waals surface area contributed by atoms with Gasteiger partial charge in [-0.2, -0.15) is 5.10 Å². The van der Waals surface area contributed by atoms with Crippen LogP contribution in [-0.2, 0) is 16.6 Å². The average molecular weight is 305 g/mol. The summed E-state index contributed by atoms with van der Waals surface area (Å²) < 4.78 is 1.76. The van der Waals surface area contributed by atoms with Gasteiger partial charge in [-0.25, -0.2) is 4.79 Å². The molecule has 1 aromatic rings. The van der Waals surface area contributed by atoms with E-state index in [1.54, 1.807) is 10.8 Å². The van der Waals surface area contributed by atoms with Gasteiger partial charge in [0.2, 0.25) is 5.91 Å². The molecule has 0 spiro atoms. The zero-order chi connectivity index (χ0) is 16.3. The van der Waals surface area contributed by atoms with E-state index in [2.05, 4.69) is 10.4 Å². The highest BCUT2D eigenvalue weighted by molar-refractivity contribution is 5.96. The van der Waals surface area contributed by atoms with Gasteiger partial charge >= 0.3 is 5.97 Å². The number of carboxylic acid groups (broad SMARTS) is 1. The van der Waals surface area contributed by atoms with Crippen molar-refractivity contribution in [3.8, 4) is 0 Å². The van der Waals surface area contributed by atoms with Crippen LogP contribution in [0, 0.1) is 13.8 Å². The fourth-order valence-electron chi connectivity index (χ4n) is 3.02. The zero-order valence-electron chi connectivity index (χ0n) is 13.3. The summed E-state index contributed by atoms with van der Waals surface area (Å²) in [5.74, 6) is -1.31. The molecule has 2 N–H and O–H groups in total. The number of hydrogen-bond acceptors (Lipinski definition) is 3. The maximum atomic E-state index is 12.1. The van der Waals surface area contributed by atoms with Gasteiger partial charge in [-0.1, -0.05) is 19.3 Å². The van der Waals surface area contributed by atoms with E-state index in [1.165, 1.54) is 6.08 Å². The number of hydrogen-bond donors (Lipinski definition) is 2. The van der Waals surface area contributed by atoms with Crippen molar-refractivity contribution in [2.24, 2.45) is 7.05 Å². The summed E-state index contributed by atoms with van der Waals surface area (Å²) in [7, 11) is 1.85. The van der Waals surface area contributed by atoms with Crippen LogP contribution >= 0.6 is 0 Å². The molecule has 6 nitrogen and oxygen atoms in total. The first-order valence-electron chi connectivity index (χ1n) is 7.59. The molecule has 0 bridgehead atoms. The Kier molecular flexibility index (Phi) is 4.68. The van der Waals surface area contributed by atoms with Crippen molar-refractivity contribution < 1.29 is 14.7 Å². The van der Waals surface area contributed by atoms with Crippen LogP contribution in [0.1, 0.15) is 49.1 Å². The molecule has 0 aromatic carbocycles. The van der Waals surface area contributed by atoms with Crippen LogP contribution in [0.2, 0.25) is 0 Å². The Balaban J connectivity index is 2.11. The number of aryl methyl sites for hydroxylation is 2. The monoisotopic (exact) mass is 305 g/mol. The second-order valence-electron chi connectivity index (χ2n) is 5.98. The summed E-state index contributed by atoms with van der Waals surface area (Å²) >= 11 is 0. The van der Waals surface area contributed by atoms with Crippen molar-refractivity contribution in [2.75, 3.05) is 0 Å². The van der Waals surface area contributed by atoms with E-state index in [4.69, 9.17) is 0 Å². The van der Waals surface area contributed by atoms with E-state index < -0.39 is 11.5 Å². The number of carboxylic acids is 1. The first kappa shape index (κ1) is 16.3. The Morgan fingerprint density at radius 2 is 1.91 bits per heavy atom. The number of carbonyl (C=O) groups excluding carboxylic acids is 1. The van der Waals surface area contributed by atoms with Crippen molar-refractivity contribution in [2.45, 2.75) is 51.5 Å². The molecule has 0 atom stereocenters. The molecule has 120 valence electrons. The minimum Gasteiger partial charge on any atom is -0.480 e. The molecule has 0 unspecified atom stereocenters. The molecule has 6 heteroatoms. The quantitative estimate of drug-likeness (QED) is 0.833. The molecule has 1 aliphatic rings. The number of rotatable bonds is 4. The first-order valence-corrected chi connectivity index (χ1v) is 7.59. The molecule has 2 rings (SSSR count). The van der Waals surface area contributed by atoms with Crippen molar-refractivity contribution in [1.82, 2.24) is 15.1 Å². The largest absolute Gasteiger partial charge is 0.480 e. The number of nitrogens with zero attached hydrogens (tertiary/aromatic N) is 2. The highest BCUT2D eigenvalue weighted by Crippen LogP contribution is 2.28. The van der Waals surface area contributed by atoms with E-state index in [-0.39, 0.29) is 5.91 Å². The molecule has 0 aliphatic heterocycles. The smallest absolute Gasteiger partial charge is 0.329 e. The van der Waals surface area contributed by atoms with Crippen LogP contribution in [-0.4, -0.2) is 32.3 Å². The molecule has 1 heterocycles. The molecular formula is C16H23N3O3. The highest BCUT2D eigenvalue weighted by atomic mass is 16.4. The summed E-state index contributed by atoms with van der Waals surface area (Å²) in [6.45, 7) is 3.81. The third-order valence-electron chi connectivity index (χ3n) is 4.45. The van der Waals surface area contributed by atoms with Crippen LogP contribution in [0.25, 0.3) is 6.08 Å². The van der Waals surface area contributed by atoms with Crippen LogP contribution in [0.5, 0.6) is 0 Å². The third-order valence-corrected chi connectivity index (χ3v) is 4.45. The van der Waals surface area contributed by atoms with Crippen molar-refractivity contribution >= 4 is 18.0 Å². The van der Waals surface area contributed by atoms with Gasteiger partial charge in [-0.15, -0.1) is 0 Å². The predicted molar refractivity (Wildman–Crippen MR) is 83.3 cm³/mol. The first-order chi connectivity index (χ1) is 10.4. The van der Waals surface area contributed by atoms with Crippen molar-refractivity contribution in [3.63, 3.8) is 0 Å². The number of aliphatic carboxylic acids is 1. The summed E-state index contributed by atoms with van der Waals surface area (Å²) in [5, 5.41) is 16.4. The lowest BCUT2D eigenvalue weighted by Gasteiger charge is -2.33. The Bertz CT molecular complexity index is 610. The van der Waals surface area contributed by atoms with Crippen LogP contribution in [0.3, 0.4) is 0 Å². The normalized spacial score (nSPS) is 17.6. The fourth-order valence-corrected chi connectivity index (χ4v) is 3.02. The third kappa shape index (κ3) is 3.21. The summed E-state index contributed by atoms with van der Waals surface area (Å²) in [6.07, 6.45) is 6.77. The lowest BCUT2D eigenvalue weighted by Crippen LogP contribution is -2.55. The summed E-state index contributed by atoms with van der Waals surface area (Å²) in [6, 6.07) is 0. The number of nitrogens with one attached hydrogen (secondary N) is 1. The fraction of sp³-hybridized carbons (Fsp3) is 0.562. The molecular weight excluding hydrogens is 282 g/mol. The standard InChI is InChI=1S/C16H23N3O3/c1-11-13(12(2)19(3)18-11)7-8-14(20)17-16(15(21)22)9-5-4-6-10-16/h7-8H,4-6,9-10H2,1-3H3,(H,17,20)(H,21,22)/b8-7+. The van der Waals surface area contributed by atoms with Crippen molar-refractivity contribution in [1.29, 1.82) is 0 Å². The van der Waals surface area contributed by atoms with Gasteiger partial charge in [0, 0.05) is 24.4 Å². The molecule has 1 saturated carbocycles. The van der Waals surface area contributed by atoms with E-state index in [1.807, 2.05) is 20.9 Å². The number of aromatic nitrogens is 2. The Morgan fingerprint density at radius 1 is 1.27 bits per heavy atom. The van der Waals surface area contributed by atoms with E-state index >= 15 is 0 Å². The van der Waals surface area contributed by atoms with E-state index in [9.17, 15) is 14.7 Å². The molecule has 1 aromatic heterocycles. The SMILES string of the molecule is Cc1nn(C)c(C)c1/C=C/C(=O)NC1(C(=O)O)CCCCC1. The maximum absolute atomic E-state index is 12.1. The van der Waals surface area contributed by atoms with Gasteiger partial charge < -0.3 is 10.4 Å². The predicted octanol–water partition coefficient (Wildman–Crippen LogP) is 1.95. The molecule has 0 saturated heterocycles. The summed E-state index contributed by atoms with van der Waals surface area (Å²) in [5.41, 5.74) is 1.59. The minimum absolute atomic E-state index is 0.369. The Hall–Kier alpha value is -2.11. The van der Waals surface area contributed by atoms with Gasteiger partial charge in [0.25, 0.3) is 0 Å². The Morgan fingerprint density at radius 3 is 2.41 bits per heavy atom. The number of carbonyl (C=O) groups is 2. The topological polar surface area (TPSA) is 84.2 Å². The van der Waals surface area contributed by atoms with Gasteiger partial charge in [0.15, 0.2) is 0 Å². The van der Waals surface area contributed by atoms with Gasteiger partial charge in [-0.05, 0) is 32.8 Å². The van der Waals surface area contributed by atoms with Gasteiger partial charge in [0.1, 0.15) is 5.54 Å². The molecule has 1 aliphatic carbocycles. The lowest BCUT2D eigenvalue weighted by atomic mass is 9.81. The summed E-state index contributed by atoms with van der Waals surface area (Å²) in [4.78, 5) is 23.7. The maximum Gasteiger partial charge on any atom is 0.329 e. The molecule has 1 fully saturated rings. The number of amides is 1. The van der Waals surface area contributed by atoms with E-state index in [0.29, 0.717) is 12.8 Å². The van der Waals surface area contributed by atoms with Gasteiger partial charge in [-0.3, -0.25) is 9.48 Å². The second-order valence-corrected chi connectivity index (χ2v) is 5.98. The molecule has 22 heavy (non-hydrogen) atoms. The van der Waals surface area contributed by atoms with Gasteiger partial charge in [0.05, 0.1) is 5.69 Å². The zero-order valence-corrected chi connectivity index (χ0v) is 13.3. The lowest BCUT2D eigenvalue weighted by molar-refractivity contribution is -0.148. The van der Waals surface area contributed by atoms with Crippen LogP contribution in [0.15, 0.2) is 6.08 Å². The second kappa shape index (κ2) is 6.34.